The smallest absolute Gasteiger partial charge is 0.0834 e. The van der Waals surface area contributed by atoms with Crippen molar-refractivity contribution in [2.75, 3.05) is 20.0 Å². The van der Waals surface area contributed by atoms with Gasteiger partial charge in [0.05, 0.1) is 6.16 Å². The molecule has 0 aromatic heterocycles. The molecule has 0 aliphatic rings. The Hall–Kier alpha value is 0.130. The fourth-order valence-electron chi connectivity index (χ4n) is 1.28. The molecule has 0 nitrogen and oxygen atoms in total. The van der Waals surface area contributed by atoms with Crippen LogP contribution in [0.15, 0.2) is 24.3 Å². The number of benzene rings is 1. The lowest BCUT2D eigenvalue weighted by molar-refractivity contribution is 1.33. The topological polar surface area (TPSA) is 0 Å². The highest BCUT2D eigenvalue weighted by Crippen LogP contribution is 2.49. The Morgan fingerprint density at radius 3 is 1.85 bits per heavy atom. The van der Waals surface area contributed by atoms with E-state index in [-0.39, 0.29) is 0 Å². The van der Waals surface area contributed by atoms with Crippen LogP contribution in [0, 0.1) is 0 Å². The minimum absolute atomic E-state index is 0.673. The summed E-state index contributed by atoms with van der Waals surface area (Å²) in [6.07, 6.45) is 1.26. The number of alkyl halides is 1. The fourth-order valence-corrected chi connectivity index (χ4v) is 2.96. The molecular weight excluding hydrogens is 243 g/mol. The number of rotatable bonds is 3. The summed E-state index contributed by atoms with van der Waals surface area (Å²) >= 11 is 3.45. The Morgan fingerprint density at radius 2 is 1.46 bits per heavy atom. The largest absolute Gasteiger partial charge is 0.0876 e. The number of hydrogen-bond acceptors (Lipinski definition) is 0. The molecule has 0 saturated carbocycles. The van der Waals surface area contributed by atoms with Crippen LogP contribution in [0.3, 0.4) is 0 Å². The summed E-state index contributed by atoms with van der Waals surface area (Å²) in [5, 5.41) is 0.956. The first kappa shape index (κ1) is 11.2. The predicted octanol–water partition coefficient (Wildman–Crippen LogP) is 3.99. The average Bonchev–Trinajstić information content (AvgIpc) is 2.03. The molecule has 0 aliphatic carbocycles. The molecule has 0 unspecified atom stereocenters. The third-order valence-corrected chi connectivity index (χ3v) is 3.80. The average molecular weight is 260 g/mol. The maximum absolute atomic E-state index is 3.45. The summed E-state index contributed by atoms with van der Waals surface area (Å²) in [7, 11) is -0.673. The normalized spacial score (nSPS) is 11.7. The molecule has 0 fully saturated rings. The Labute approximate surface area is 90.2 Å². The minimum Gasteiger partial charge on any atom is -0.0876 e. The summed E-state index contributed by atoms with van der Waals surface area (Å²) in [4.78, 5) is 0. The van der Waals surface area contributed by atoms with Gasteiger partial charge in [0.1, 0.15) is 0 Å². The molecule has 0 spiro atoms. The second-order valence-corrected chi connectivity index (χ2v) is 9.86. The molecule has 1 rings (SSSR count). The molecule has 0 amide bonds. The van der Waals surface area contributed by atoms with Gasteiger partial charge in [-0.15, -0.1) is 0 Å². The van der Waals surface area contributed by atoms with Crippen LogP contribution in [0.5, 0.6) is 0 Å². The van der Waals surface area contributed by atoms with Crippen LogP contribution >= 0.6 is 23.2 Å². The van der Waals surface area contributed by atoms with E-state index < -0.39 is 7.26 Å². The predicted molar refractivity (Wildman–Crippen MR) is 67.5 cm³/mol. The second kappa shape index (κ2) is 4.57. The molecule has 0 atom stereocenters. The number of hydrogen-bond donors (Lipinski definition) is 0. The third-order valence-electron chi connectivity index (χ3n) is 1.83. The standard InChI is InChI=1S/C11H17BrP/c1-13(2,3)9-11-6-4-10(8-12)5-7-11/h4-7H,8-9H2,1-3H3/q+1. The first-order valence-electron chi connectivity index (χ1n) is 4.45. The van der Waals surface area contributed by atoms with E-state index in [0.29, 0.717) is 0 Å². The Morgan fingerprint density at radius 1 is 1.00 bits per heavy atom. The van der Waals surface area contributed by atoms with Crippen molar-refractivity contribution in [3.8, 4) is 0 Å². The van der Waals surface area contributed by atoms with Gasteiger partial charge in [-0.05, 0) is 11.1 Å². The van der Waals surface area contributed by atoms with E-state index in [0.717, 1.165) is 5.33 Å². The molecular formula is C11H17BrP+. The van der Waals surface area contributed by atoms with Gasteiger partial charge in [-0.25, -0.2) is 0 Å². The maximum atomic E-state index is 3.45. The third kappa shape index (κ3) is 4.24. The first-order valence-corrected chi connectivity index (χ1v) is 8.89. The fraction of sp³-hybridized carbons (Fsp3) is 0.455. The van der Waals surface area contributed by atoms with Gasteiger partial charge in [-0.1, -0.05) is 40.2 Å². The molecule has 0 aliphatic heterocycles. The van der Waals surface area contributed by atoms with Crippen molar-refractivity contribution < 1.29 is 0 Å². The maximum Gasteiger partial charge on any atom is 0.0834 e. The molecule has 0 saturated heterocycles. The molecule has 2 heteroatoms. The zero-order valence-electron chi connectivity index (χ0n) is 8.55. The summed E-state index contributed by atoms with van der Waals surface area (Å²) < 4.78 is 0. The van der Waals surface area contributed by atoms with Crippen molar-refractivity contribution in [3.05, 3.63) is 35.4 Å². The Bertz CT molecular complexity index is 258. The Kier molecular flexibility index (Phi) is 3.94. The SMILES string of the molecule is C[P+](C)(C)Cc1ccc(CBr)cc1. The van der Waals surface area contributed by atoms with Crippen LogP contribution in [0.25, 0.3) is 0 Å². The second-order valence-electron chi connectivity index (χ2n) is 4.40. The van der Waals surface area contributed by atoms with Gasteiger partial charge in [-0.2, -0.15) is 0 Å². The van der Waals surface area contributed by atoms with Gasteiger partial charge in [-0.3, -0.25) is 0 Å². The molecule has 0 heterocycles. The van der Waals surface area contributed by atoms with Crippen molar-refractivity contribution in [2.24, 2.45) is 0 Å². The zero-order chi connectivity index (χ0) is 9.90. The molecule has 0 bridgehead atoms. The summed E-state index contributed by atoms with van der Waals surface area (Å²) in [6.45, 7) is 7.14. The molecule has 1 aromatic carbocycles. The molecule has 72 valence electrons. The van der Waals surface area contributed by atoms with E-state index in [2.05, 4.69) is 60.2 Å². The van der Waals surface area contributed by atoms with Gasteiger partial charge in [0, 0.05) is 32.6 Å². The molecule has 0 radical (unpaired) electrons. The summed E-state index contributed by atoms with van der Waals surface area (Å²) in [5.74, 6) is 0. The lowest BCUT2D eigenvalue weighted by Crippen LogP contribution is -1.91. The van der Waals surface area contributed by atoms with Crippen molar-refractivity contribution in [1.29, 1.82) is 0 Å². The molecule has 1 aromatic rings. The highest BCUT2D eigenvalue weighted by Gasteiger charge is 2.17. The van der Waals surface area contributed by atoms with E-state index in [9.17, 15) is 0 Å². The van der Waals surface area contributed by atoms with E-state index in [4.69, 9.17) is 0 Å². The van der Waals surface area contributed by atoms with Gasteiger partial charge in [0.25, 0.3) is 0 Å². The zero-order valence-corrected chi connectivity index (χ0v) is 11.0. The first-order chi connectivity index (χ1) is 6.01. The van der Waals surface area contributed by atoms with E-state index in [1.54, 1.807) is 0 Å². The lowest BCUT2D eigenvalue weighted by atomic mass is 10.2. The van der Waals surface area contributed by atoms with Crippen LogP contribution in [0.2, 0.25) is 0 Å². The lowest BCUT2D eigenvalue weighted by Gasteiger charge is -2.11. The quantitative estimate of drug-likeness (QED) is 0.569. The van der Waals surface area contributed by atoms with Crippen molar-refractivity contribution in [2.45, 2.75) is 11.5 Å². The molecule has 13 heavy (non-hydrogen) atoms. The highest BCUT2D eigenvalue weighted by atomic mass is 79.9. The van der Waals surface area contributed by atoms with Crippen molar-refractivity contribution in [1.82, 2.24) is 0 Å². The summed E-state index contributed by atoms with van der Waals surface area (Å²) in [6, 6.07) is 8.92. The monoisotopic (exact) mass is 259 g/mol. The van der Waals surface area contributed by atoms with Gasteiger partial charge in [0.15, 0.2) is 0 Å². The van der Waals surface area contributed by atoms with Crippen LogP contribution in [-0.2, 0) is 11.5 Å². The highest BCUT2D eigenvalue weighted by molar-refractivity contribution is 9.08. The van der Waals surface area contributed by atoms with E-state index in [1.807, 2.05) is 0 Å². The van der Waals surface area contributed by atoms with E-state index in [1.165, 1.54) is 17.3 Å². The molecule has 0 N–H and O–H groups in total. The summed E-state index contributed by atoms with van der Waals surface area (Å²) in [5.41, 5.74) is 2.83. The van der Waals surface area contributed by atoms with Crippen LogP contribution in [0.1, 0.15) is 11.1 Å². The van der Waals surface area contributed by atoms with Crippen LogP contribution in [0.4, 0.5) is 0 Å². The van der Waals surface area contributed by atoms with Crippen LogP contribution < -0.4 is 0 Å². The minimum atomic E-state index is -0.673. The van der Waals surface area contributed by atoms with Crippen molar-refractivity contribution >= 4 is 23.2 Å². The van der Waals surface area contributed by atoms with Crippen molar-refractivity contribution in [3.63, 3.8) is 0 Å². The van der Waals surface area contributed by atoms with Gasteiger partial charge < -0.3 is 0 Å². The Balaban J connectivity index is 2.70. The number of halogens is 1. The van der Waals surface area contributed by atoms with E-state index >= 15 is 0 Å². The van der Waals surface area contributed by atoms with Crippen LogP contribution in [-0.4, -0.2) is 20.0 Å². The van der Waals surface area contributed by atoms with Gasteiger partial charge >= 0.3 is 0 Å². The van der Waals surface area contributed by atoms with Gasteiger partial charge in [0.2, 0.25) is 0 Å².